The van der Waals surface area contributed by atoms with Crippen molar-refractivity contribution in [2.45, 2.75) is 19.9 Å². The molecule has 0 fully saturated rings. The maximum absolute atomic E-state index is 5.71. The summed E-state index contributed by atoms with van der Waals surface area (Å²) in [5.41, 5.74) is 0. The molecule has 0 aliphatic rings. The molecule has 0 saturated carbocycles. The van der Waals surface area contributed by atoms with Crippen LogP contribution in [0.1, 0.15) is 13.3 Å². The molecule has 1 aromatic carbocycles. The van der Waals surface area contributed by atoms with Crippen LogP contribution in [0, 0.1) is 0 Å². The third-order valence-corrected chi connectivity index (χ3v) is 2.95. The van der Waals surface area contributed by atoms with Crippen molar-refractivity contribution in [1.29, 1.82) is 0 Å². The molecule has 0 radical (unpaired) electrons. The van der Waals surface area contributed by atoms with Crippen LogP contribution in [0.2, 0.25) is 0 Å². The molecular weight excluding hydrogens is 268 g/mol. The molecule has 0 bridgehead atoms. The van der Waals surface area contributed by atoms with Gasteiger partial charge in [-0.1, -0.05) is 25.1 Å². The van der Waals surface area contributed by atoms with E-state index in [0.29, 0.717) is 0 Å². The van der Waals surface area contributed by atoms with E-state index < -0.39 is 0 Å². The minimum absolute atomic E-state index is 0.750. The Bertz CT molecular complexity index is 453. The number of halogens is 1. The molecule has 0 N–H and O–H groups in total. The van der Waals surface area contributed by atoms with Crippen LogP contribution in [0.5, 0.6) is 11.5 Å². The Morgan fingerprint density at radius 1 is 1.31 bits per heavy atom. The Balaban J connectivity index is 2.16. The maximum atomic E-state index is 5.71. The fraction of sp³-hybridized carbons (Fsp3) is 0.250. The molecule has 0 unspecified atom stereocenters. The third-order valence-electron chi connectivity index (χ3n) is 2.15. The van der Waals surface area contributed by atoms with Gasteiger partial charge in [-0.3, -0.25) is 4.68 Å². The van der Waals surface area contributed by atoms with Crippen molar-refractivity contribution >= 4 is 15.9 Å². The maximum Gasteiger partial charge on any atom is 0.179 e. The first kappa shape index (κ1) is 11.2. The first-order valence-corrected chi connectivity index (χ1v) is 6.04. The van der Waals surface area contributed by atoms with Crippen LogP contribution in [0.25, 0.3) is 0 Å². The minimum atomic E-state index is 0.750. The minimum Gasteiger partial charge on any atom is -0.453 e. The average Bonchev–Trinajstić information content (AvgIpc) is 2.64. The smallest absolute Gasteiger partial charge is 0.179 e. The predicted molar refractivity (Wildman–Crippen MR) is 66.7 cm³/mol. The number of ether oxygens (including phenoxy) is 1. The van der Waals surface area contributed by atoms with Gasteiger partial charge in [-0.15, -0.1) is 0 Å². The molecule has 3 nitrogen and oxygen atoms in total. The van der Waals surface area contributed by atoms with E-state index in [-0.39, 0.29) is 0 Å². The molecule has 1 heterocycles. The Morgan fingerprint density at radius 2 is 2.06 bits per heavy atom. The van der Waals surface area contributed by atoms with Gasteiger partial charge in [0.2, 0.25) is 0 Å². The van der Waals surface area contributed by atoms with Gasteiger partial charge in [0.05, 0.1) is 6.20 Å². The molecule has 0 amide bonds. The van der Waals surface area contributed by atoms with Crippen LogP contribution in [0.15, 0.2) is 41.1 Å². The van der Waals surface area contributed by atoms with E-state index in [0.717, 1.165) is 29.1 Å². The summed E-state index contributed by atoms with van der Waals surface area (Å²) in [6.45, 7) is 3.00. The van der Waals surface area contributed by atoms with Gasteiger partial charge in [0.15, 0.2) is 5.75 Å². The van der Waals surface area contributed by atoms with Crippen LogP contribution in [-0.4, -0.2) is 9.78 Å². The summed E-state index contributed by atoms with van der Waals surface area (Å²) in [4.78, 5) is 0. The van der Waals surface area contributed by atoms with Crippen molar-refractivity contribution in [1.82, 2.24) is 9.78 Å². The van der Waals surface area contributed by atoms with E-state index in [1.807, 2.05) is 35.0 Å². The molecule has 0 spiro atoms. The number of aromatic nitrogens is 2. The number of hydrogen-bond donors (Lipinski definition) is 0. The van der Waals surface area contributed by atoms with Gasteiger partial charge in [0, 0.05) is 6.54 Å². The molecule has 1 aromatic heterocycles. The molecule has 16 heavy (non-hydrogen) atoms. The zero-order valence-electron chi connectivity index (χ0n) is 9.06. The van der Waals surface area contributed by atoms with Gasteiger partial charge in [0.25, 0.3) is 0 Å². The lowest BCUT2D eigenvalue weighted by Gasteiger charge is -2.04. The molecular formula is C12H13BrN2O. The van der Waals surface area contributed by atoms with Gasteiger partial charge in [0.1, 0.15) is 10.4 Å². The molecule has 4 heteroatoms. The highest BCUT2D eigenvalue weighted by Crippen LogP contribution is 2.29. The van der Waals surface area contributed by atoms with Crippen LogP contribution in [0.4, 0.5) is 0 Å². The lowest BCUT2D eigenvalue weighted by Crippen LogP contribution is -1.98. The van der Waals surface area contributed by atoms with Crippen molar-refractivity contribution in [3.63, 3.8) is 0 Å². The summed E-state index contributed by atoms with van der Waals surface area (Å²) >= 11 is 3.49. The van der Waals surface area contributed by atoms with E-state index in [2.05, 4.69) is 28.0 Å². The van der Waals surface area contributed by atoms with Gasteiger partial charge in [-0.2, -0.15) is 5.10 Å². The lowest BCUT2D eigenvalue weighted by molar-refractivity contribution is 0.476. The summed E-state index contributed by atoms with van der Waals surface area (Å²) in [5, 5.41) is 4.25. The first-order chi connectivity index (χ1) is 7.81. The Kier molecular flexibility index (Phi) is 3.62. The Morgan fingerprint density at radius 3 is 2.75 bits per heavy atom. The fourth-order valence-corrected chi connectivity index (χ4v) is 1.86. The summed E-state index contributed by atoms with van der Waals surface area (Å²) in [5.74, 6) is 1.57. The second kappa shape index (κ2) is 5.16. The number of rotatable bonds is 4. The van der Waals surface area contributed by atoms with E-state index in [4.69, 9.17) is 4.74 Å². The number of benzene rings is 1. The van der Waals surface area contributed by atoms with Crippen molar-refractivity contribution in [2.24, 2.45) is 0 Å². The Hall–Kier alpha value is -1.29. The van der Waals surface area contributed by atoms with Gasteiger partial charge in [-0.05, 0) is 34.5 Å². The average molecular weight is 281 g/mol. The van der Waals surface area contributed by atoms with E-state index >= 15 is 0 Å². The quantitative estimate of drug-likeness (QED) is 0.851. The number of hydrogen-bond acceptors (Lipinski definition) is 2. The number of aryl methyl sites for hydroxylation is 1. The zero-order valence-corrected chi connectivity index (χ0v) is 10.6. The topological polar surface area (TPSA) is 27.1 Å². The number of para-hydroxylation sites is 1. The van der Waals surface area contributed by atoms with Crippen molar-refractivity contribution < 1.29 is 4.74 Å². The van der Waals surface area contributed by atoms with Gasteiger partial charge < -0.3 is 4.74 Å². The van der Waals surface area contributed by atoms with Crippen molar-refractivity contribution in [2.75, 3.05) is 0 Å². The van der Waals surface area contributed by atoms with Crippen molar-refractivity contribution in [3.05, 3.63) is 41.1 Å². The number of nitrogens with zero attached hydrogens (tertiary/aromatic N) is 2. The monoisotopic (exact) mass is 280 g/mol. The fourth-order valence-electron chi connectivity index (χ4n) is 1.40. The molecule has 2 aromatic rings. The zero-order chi connectivity index (χ0) is 11.4. The van der Waals surface area contributed by atoms with E-state index in [1.165, 1.54) is 0 Å². The second-order valence-corrected chi connectivity index (χ2v) is 4.19. The predicted octanol–water partition coefficient (Wildman–Crippen LogP) is 3.85. The normalized spacial score (nSPS) is 10.4. The molecule has 0 atom stereocenters. The summed E-state index contributed by atoms with van der Waals surface area (Å²) < 4.78 is 8.48. The van der Waals surface area contributed by atoms with E-state index in [9.17, 15) is 0 Å². The van der Waals surface area contributed by atoms with Crippen LogP contribution in [-0.2, 0) is 6.54 Å². The molecule has 0 aliphatic heterocycles. The first-order valence-electron chi connectivity index (χ1n) is 5.25. The highest BCUT2D eigenvalue weighted by molar-refractivity contribution is 9.10. The van der Waals surface area contributed by atoms with Crippen LogP contribution < -0.4 is 4.74 Å². The Labute approximate surface area is 103 Å². The van der Waals surface area contributed by atoms with Crippen molar-refractivity contribution in [3.8, 4) is 11.5 Å². The molecule has 2 rings (SSSR count). The lowest BCUT2D eigenvalue weighted by atomic mass is 10.3. The summed E-state index contributed by atoms with van der Waals surface area (Å²) in [6, 6.07) is 9.69. The highest BCUT2D eigenvalue weighted by Gasteiger charge is 2.08. The molecule has 0 saturated heterocycles. The third kappa shape index (κ3) is 2.44. The summed E-state index contributed by atoms with van der Waals surface area (Å²) in [6.07, 6.45) is 2.78. The van der Waals surface area contributed by atoms with Crippen LogP contribution in [0.3, 0.4) is 0 Å². The standard InChI is InChI=1S/C12H13BrN2O/c1-2-8-15-12(13)11(9-14-15)16-10-6-4-3-5-7-10/h3-7,9H,2,8H2,1H3. The van der Waals surface area contributed by atoms with E-state index in [1.54, 1.807) is 6.20 Å². The molecule has 0 aliphatic carbocycles. The SMILES string of the molecule is CCCn1ncc(Oc2ccccc2)c1Br. The van der Waals surface area contributed by atoms with Gasteiger partial charge in [-0.25, -0.2) is 0 Å². The largest absolute Gasteiger partial charge is 0.453 e. The van der Waals surface area contributed by atoms with Gasteiger partial charge >= 0.3 is 0 Å². The second-order valence-electron chi connectivity index (χ2n) is 3.44. The highest BCUT2D eigenvalue weighted by atomic mass is 79.9. The molecule has 84 valence electrons. The summed E-state index contributed by atoms with van der Waals surface area (Å²) in [7, 11) is 0. The van der Waals surface area contributed by atoms with Crippen LogP contribution >= 0.6 is 15.9 Å².